The summed E-state index contributed by atoms with van der Waals surface area (Å²) in [6, 6.07) is 45.2. The Balaban J connectivity index is 1.64. The molecule has 0 aliphatic rings. The lowest BCUT2D eigenvalue weighted by Crippen LogP contribution is -2.04. The van der Waals surface area contributed by atoms with E-state index in [1.165, 1.54) is 39.0 Å². The van der Waals surface area contributed by atoms with E-state index >= 15 is 0 Å². The molecule has 1 N–H and O–H groups in total. The molecule has 0 aliphatic carbocycles. The number of fused-ring (bicyclic) bond motifs is 1. The number of rotatable bonds is 5. The molecule has 2 aromatic heterocycles. The van der Waals surface area contributed by atoms with Gasteiger partial charge in [0, 0.05) is 34.4 Å². The van der Waals surface area contributed by atoms with E-state index in [0.717, 1.165) is 17.8 Å². The zero-order valence-corrected chi connectivity index (χ0v) is 18.3. The van der Waals surface area contributed by atoms with Gasteiger partial charge in [0.15, 0.2) is 0 Å². The van der Waals surface area contributed by atoms with Crippen LogP contribution in [0.4, 0.5) is 0 Å². The lowest BCUT2D eigenvalue weighted by molar-refractivity contribution is 0.822. The van der Waals surface area contributed by atoms with Gasteiger partial charge < -0.3 is 9.55 Å². The van der Waals surface area contributed by atoms with Crippen LogP contribution in [0.25, 0.3) is 44.7 Å². The first-order valence-electron chi connectivity index (χ1n) is 11.3. The zero-order chi connectivity index (χ0) is 22.0. The van der Waals surface area contributed by atoms with Crippen molar-refractivity contribution >= 4 is 10.9 Å². The number of hydrogen-bond donors (Lipinski definition) is 1. The SMILES string of the molecule is c1ccc(Cn2c(-c3ccccc3)cc(-c3cc4ccccc4[nH]3)c2-c2ccccc2)cc1. The molecule has 0 amide bonds. The zero-order valence-electron chi connectivity index (χ0n) is 18.3. The Labute approximate surface area is 193 Å². The van der Waals surface area contributed by atoms with Crippen LogP contribution in [-0.2, 0) is 6.54 Å². The van der Waals surface area contributed by atoms with E-state index in [4.69, 9.17) is 0 Å². The van der Waals surface area contributed by atoms with Gasteiger partial charge in [-0.3, -0.25) is 0 Å². The van der Waals surface area contributed by atoms with Crippen LogP contribution in [0.5, 0.6) is 0 Å². The molecule has 0 saturated carbocycles. The smallest absolute Gasteiger partial charge is 0.0583 e. The Bertz CT molecular complexity index is 1470. The lowest BCUT2D eigenvalue weighted by Gasteiger charge is -2.15. The van der Waals surface area contributed by atoms with Gasteiger partial charge in [-0.05, 0) is 34.9 Å². The largest absolute Gasteiger partial charge is 0.354 e. The van der Waals surface area contributed by atoms with Crippen LogP contribution >= 0.6 is 0 Å². The molecule has 2 heterocycles. The van der Waals surface area contributed by atoms with Crippen molar-refractivity contribution in [3.63, 3.8) is 0 Å². The standard InChI is InChI=1S/C31H24N2/c1-4-12-23(13-5-1)22-33-30(24-14-6-2-7-15-24)21-27(31(33)25-16-8-3-9-17-25)29-20-26-18-10-11-19-28(26)32-29/h1-21,32H,22H2. The third-order valence-electron chi connectivity index (χ3n) is 6.22. The Morgan fingerprint density at radius 3 is 1.88 bits per heavy atom. The normalized spacial score (nSPS) is 11.2. The summed E-state index contributed by atoms with van der Waals surface area (Å²) in [5.41, 5.74) is 9.66. The predicted molar refractivity (Wildman–Crippen MR) is 138 cm³/mol. The highest BCUT2D eigenvalue weighted by atomic mass is 15.0. The molecular weight excluding hydrogens is 400 g/mol. The molecule has 4 aromatic carbocycles. The molecule has 0 spiro atoms. The third kappa shape index (κ3) is 3.66. The van der Waals surface area contributed by atoms with Crippen LogP contribution in [0.15, 0.2) is 127 Å². The first-order chi connectivity index (χ1) is 16.4. The van der Waals surface area contributed by atoms with Gasteiger partial charge in [-0.25, -0.2) is 0 Å². The molecule has 0 aliphatic heterocycles. The maximum atomic E-state index is 3.66. The van der Waals surface area contributed by atoms with Crippen molar-refractivity contribution in [2.45, 2.75) is 6.54 Å². The topological polar surface area (TPSA) is 20.7 Å². The first-order valence-corrected chi connectivity index (χ1v) is 11.3. The average Bonchev–Trinajstić information content (AvgIpc) is 3.47. The van der Waals surface area contributed by atoms with Crippen LogP contribution in [0, 0.1) is 0 Å². The summed E-state index contributed by atoms with van der Waals surface area (Å²) in [7, 11) is 0. The molecule has 2 nitrogen and oxygen atoms in total. The molecule has 2 heteroatoms. The molecule has 0 saturated heterocycles. The monoisotopic (exact) mass is 424 g/mol. The van der Waals surface area contributed by atoms with Crippen molar-refractivity contribution < 1.29 is 0 Å². The average molecular weight is 425 g/mol. The van der Waals surface area contributed by atoms with Crippen molar-refractivity contribution in [3.05, 3.63) is 133 Å². The molecular formula is C31H24N2. The first kappa shape index (κ1) is 19.4. The number of H-pyrrole nitrogens is 1. The molecule has 6 aromatic rings. The van der Waals surface area contributed by atoms with Crippen LogP contribution in [-0.4, -0.2) is 9.55 Å². The summed E-state index contributed by atoms with van der Waals surface area (Å²) in [5, 5.41) is 1.23. The van der Waals surface area contributed by atoms with Gasteiger partial charge in [0.05, 0.1) is 5.69 Å². The quantitative estimate of drug-likeness (QED) is 0.289. The predicted octanol–water partition coefficient (Wildman–Crippen LogP) is 8.02. The number of aromatic nitrogens is 2. The van der Waals surface area contributed by atoms with Gasteiger partial charge in [0.1, 0.15) is 0 Å². The van der Waals surface area contributed by atoms with Crippen LogP contribution in [0.3, 0.4) is 0 Å². The molecule has 33 heavy (non-hydrogen) atoms. The van der Waals surface area contributed by atoms with Gasteiger partial charge in [-0.1, -0.05) is 109 Å². The van der Waals surface area contributed by atoms with Crippen molar-refractivity contribution in [2.75, 3.05) is 0 Å². The summed E-state index contributed by atoms with van der Waals surface area (Å²) in [4.78, 5) is 3.66. The second kappa shape index (κ2) is 8.33. The molecule has 0 fully saturated rings. The van der Waals surface area contributed by atoms with Crippen molar-refractivity contribution in [2.24, 2.45) is 0 Å². The summed E-state index contributed by atoms with van der Waals surface area (Å²) in [5.74, 6) is 0. The molecule has 0 unspecified atom stereocenters. The highest BCUT2D eigenvalue weighted by Crippen LogP contribution is 2.40. The Hall–Kier alpha value is -4.30. The molecule has 0 radical (unpaired) electrons. The maximum Gasteiger partial charge on any atom is 0.0583 e. The van der Waals surface area contributed by atoms with E-state index in [-0.39, 0.29) is 0 Å². The Kier molecular flexibility index (Phi) is 4.89. The van der Waals surface area contributed by atoms with Crippen molar-refractivity contribution in [3.8, 4) is 33.8 Å². The summed E-state index contributed by atoms with van der Waals surface area (Å²) in [6.07, 6.45) is 0. The number of benzene rings is 4. The maximum absolute atomic E-state index is 3.66. The fraction of sp³-hybridized carbons (Fsp3) is 0.0323. The van der Waals surface area contributed by atoms with E-state index in [2.05, 4.69) is 137 Å². The highest BCUT2D eigenvalue weighted by molar-refractivity contribution is 5.92. The van der Waals surface area contributed by atoms with Crippen molar-refractivity contribution in [1.82, 2.24) is 9.55 Å². The van der Waals surface area contributed by atoms with E-state index in [1.54, 1.807) is 0 Å². The minimum atomic E-state index is 0.801. The summed E-state index contributed by atoms with van der Waals surface area (Å²) >= 11 is 0. The lowest BCUT2D eigenvalue weighted by atomic mass is 10.0. The van der Waals surface area contributed by atoms with Crippen LogP contribution < -0.4 is 0 Å². The highest BCUT2D eigenvalue weighted by Gasteiger charge is 2.20. The summed E-state index contributed by atoms with van der Waals surface area (Å²) < 4.78 is 2.46. The second-order valence-electron chi connectivity index (χ2n) is 8.37. The fourth-order valence-corrected chi connectivity index (χ4v) is 4.66. The van der Waals surface area contributed by atoms with Gasteiger partial charge >= 0.3 is 0 Å². The van der Waals surface area contributed by atoms with Gasteiger partial charge in [-0.2, -0.15) is 0 Å². The van der Waals surface area contributed by atoms with E-state index in [1.807, 2.05) is 0 Å². The van der Waals surface area contributed by atoms with E-state index in [9.17, 15) is 0 Å². The molecule has 158 valence electrons. The third-order valence-corrected chi connectivity index (χ3v) is 6.22. The minimum absolute atomic E-state index is 0.801. The number of nitrogens with zero attached hydrogens (tertiary/aromatic N) is 1. The minimum Gasteiger partial charge on any atom is -0.354 e. The van der Waals surface area contributed by atoms with Gasteiger partial charge in [-0.15, -0.1) is 0 Å². The Morgan fingerprint density at radius 1 is 0.576 bits per heavy atom. The fourth-order valence-electron chi connectivity index (χ4n) is 4.66. The van der Waals surface area contributed by atoms with Crippen LogP contribution in [0.2, 0.25) is 0 Å². The van der Waals surface area contributed by atoms with E-state index < -0.39 is 0 Å². The molecule has 0 atom stereocenters. The molecule has 6 rings (SSSR count). The number of nitrogens with one attached hydrogen (secondary N) is 1. The number of hydrogen-bond acceptors (Lipinski definition) is 0. The van der Waals surface area contributed by atoms with Gasteiger partial charge in [0.25, 0.3) is 0 Å². The Morgan fingerprint density at radius 2 is 1.18 bits per heavy atom. The van der Waals surface area contributed by atoms with Crippen molar-refractivity contribution in [1.29, 1.82) is 0 Å². The van der Waals surface area contributed by atoms with Gasteiger partial charge in [0.2, 0.25) is 0 Å². The molecule has 0 bridgehead atoms. The number of para-hydroxylation sites is 1. The second-order valence-corrected chi connectivity index (χ2v) is 8.37. The van der Waals surface area contributed by atoms with Crippen LogP contribution in [0.1, 0.15) is 5.56 Å². The number of aromatic amines is 1. The van der Waals surface area contributed by atoms with E-state index in [0.29, 0.717) is 0 Å². The summed E-state index contributed by atoms with van der Waals surface area (Å²) in [6.45, 7) is 0.801.